The number of hydrogen-bond donors (Lipinski definition) is 0. The Hall–Kier alpha value is -0.860. The minimum Gasteiger partial charge on any atom is -0.462 e. The summed E-state index contributed by atoms with van der Waals surface area (Å²) in [6.07, 6.45) is 1.21. The van der Waals surface area contributed by atoms with Crippen LogP contribution in [0, 0.1) is 11.8 Å². The van der Waals surface area contributed by atoms with E-state index in [4.69, 9.17) is 4.74 Å². The SMILES string of the molecule is CC(C)OC(=O)C1C(=O)CC[C@H]1C. The lowest BCUT2D eigenvalue weighted by Crippen LogP contribution is -2.27. The molecular formula is C10H16O3. The fourth-order valence-corrected chi connectivity index (χ4v) is 1.68. The van der Waals surface area contributed by atoms with E-state index < -0.39 is 5.92 Å². The fourth-order valence-electron chi connectivity index (χ4n) is 1.68. The van der Waals surface area contributed by atoms with Crippen LogP contribution in [0.15, 0.2) is 0 Å². The molecule has 0 aromatic heterocycles. The molecule has 3 nitrogen and oxygen atoms in total. The smallest absolute Gasteiger partial charge is 0.317 e. The Morgan fingerprint density at radius 1 is 1.54 bits per heavy atom. The van der Waals surface area contributed by atoms with Crippen molar-refractivity contribution in [3.8, 4) is 0 Å². The van der Waals surface area contributed by atoms with Crippen molar-refractivity contribution in [3.63, 3.8) is 0 Å². The fraction of sp³-hybridized carbons (Fsp3) is 0.800. The summed E-state index contributed by atoms with van der Waals surface area (Å²) in [5, 5.41) is 0. The van der Waals surface area contributed by atoms with E-state index >= 15 is 0 Å². The third kappa shape index (κ3) is 2.29. The number of hydrogen-bond acceptors (Lipinski definition) is 3. The molecule has 1 aliphatic rings. The van der Waals surface area contributed by atoms with Crippen LogP contribution >= 0.6 is 0 Å². The molecule has 1 aliphatic carbocycles. The molecule has 0 aromatic carbocycles. The molecular weight excluding hydrogens is 168 g/mol. The summed E-state index contributed by atoms with van der Waals surface area (Å²) >= 11 is 0. The normalized spacial score (nSPS) is 28.2. The molecule has 3 heteroatoms. The number of carbonyl (C=O) groups excluding carboxylic acids is 2. The Morgan fingerprint density at radius 3 is 2.54 bits per heavy atom. The number of rotatable bonds is 2. The zero-order chi connectivity index (χ0) is 10.0. The van der Waals surface area contributed by atoms with E-state index in [2.05, 4.69) is 0 Å². The molecule has 0 heterocycles. The predicted molar refractivity (Wildman–Crippen MR) is 48.1 cm³/mol. The molecule has 0 aliphatic heterocycles. The lowest BCUT2D eigenvalue weighted by Gasteiger charge is -2.14. The summed E-state index contributed by atoms with van der Waals surface area (Å²) < 4.78 is 5.02. The maximum absolute atomic E-state index is 11.4. The van der Waals surface area contributed by atoms with Crippen LogP contribution in [0.5, 0.6) is 0 Å². The predicted octanol–water partition coefficient (Wildman–Crippen LogP) is 1.55. The second kappa shape index (κ2) is 3.90. The Kier molecular flexibility index (Phi) is 3.07. The number of esters is 1. The largest absolute Gasteiger partial charge is 0.462 e. The van der Waals surface area contributed by atoms with Crippen molar-refractivity contribution in [2.75, 3.05) is 0 Å². The van der Waals surface area contributed by atoms with E-state index in [1.54, 1.807) is 13.8 Å². The molecule has 0 aromatic rings. The zero-order valence-electron chi connectivity index (χ0n) is 8.37. The lowest BCUT2D eigenvalue weighted by atomic mass is 9.98. The van der Waals surface area contributed by atoms with Crippen LogP contribution in [0.2, 0.25) is 0 Å². The first kappa shape index (κ1) is 10.2. The summed E-state index contributed by atoms with van der Waals surface area (Å²) in [6.45, 7) is 5.52. The summed E-state index contributed by atoms with van der Waals surface area (Å²) in [7, 11) is 0. The highest BCUT2D eigenvalue weighted by Gasteiger charge is 2.38. The van der Waals surface area contributed by atoms with Gasteiger partial charge in [-0.25, -0.2) is 0 Å². The van der Waals surface area contributed by atoms with E-state index in [9.17, 15) is 9.59 Å². The van der Waals surface area contributed by atoms with Crippen LogP contribution in [0.4, 0.5) is 0 Å². The third-order valence-corrected chi connectivity index (χ3v) is 2.37. The highest BCUT2D eigenvalue weighted by Crippen LogP contribution is 2.29. The van der Waals surface area contributed by atoms with Gasteiger partial charge >= 0.3 is 5.97 Å². The second-order valence-corrected chi connectivity index (χ2v) is 3.95. The average Bonchev–Trinajstić information content (AvgIpc) is 2.29. The quantitative estimate of drug-likeness (QED) is 0.483. The average molecular weight is 184 g/mol. The monoisotopic (exact) mass is 184 g/mol. The van der Waals surface area contributed by atoms with Crippen molar-refractivity contribution in [2.24, 2.45) is 11.8 Å². The van der Waals surface area contributed by atoms with Gasteiger partial charge in [-0.05, 0) is 26.2 Å². The molecule has 0 amide bonds. The highest BCUT2D eigenvalue weighted by atomic mass is 16.5. The highest BCUT2D eigenvalue weighted by molar-refractivity contribution is 6.00. The van der Waals surface area contributed by atoms with Gasteiger partial charge in [0.25, 0.3) is 0 Å². The first-order valence-corrected chi connectivity index (χ1v) is 4.75. The number of ether oxygens (including phenoxy) is 1. The van der Waals surface area contributed by atoms with Crippen LogP contribution in [0.25, 0.3) is 0 Å². The maximum Gasteiger partial charge on any atom is 0.317 e. The van der Waals surface area contributed by atoms with Crippen LogP contribution < -0.4 is 0 Å². The van der Waals surface area contributed by atoms with E-state index in [0.29, 0.717) is 6.42 Å². The van der Waals surface area contributed by atoms with Gasteiger partial charge in [0.1, 0.15) is 11.7 Å². The van der Waals surface area contributed by atoms with Crippen molar-refractivity contribution in [1.29, 1.82) is 0 Å². The van der Waals surface area contributed by atoms with Gasteiger partial charge in [0.15, 0.2) is 0 Å². The van der Waals surface area contributed by atoms with Crippen LogP contribution in [-0.2, 0) is 14.3 Å². The van der Waals surface area contributed by atoms with Crippen LogP contribution in [0.3, 0.4) is 0 Å². The van der Waals surface area contributed by atoms with Gasteiger partial charge in [0, 0.05) is 6.42 Å². The lowest BCUT2D eigenvalue weighted by molar-refractivity contribution is -0.155. The molecule has 74 valence electrons. The Labute approximate surface area is 78.5 Å². The Morgan fingerprint density at radius 2 is 2.15 bits per heavy atom. The third-order valence-electron chi connectivity index (χ3n) is 2.37. The topological polar surface area (TPSA) is 43.4 Å². The minimum atomic E-state index is -0.498. The van der Waals surface area contributed by atoms with E-state index in [-0.39, 0.29) is 23.8 Å². The number of ketones is 1. The van der Waals surface area contributed by atoms with Gasteiger partial charge in [-0.1, -0.05) is 6.92 Å². The van der Waals surface area contributed by atoms with Crippen LogP contribution in [0.1, 0.15) is 33.6 Å². The van der Waals surface area contributed by atoms with Crippen molar-refractivity contribution < 1.29 is 14.3 Å². The first-order valence-electron chi connectivity index (χ1n) is 4.75. The van der Waals surface area contributed by atoms with Gasteiger partial charge < -0.3 is 4.74 Å². The van der Waals surface area contributed by atoms with Gasteiger partial charge in [-0.3, -0.25) is 9.59 Å². The van der Waals surface area contributed by atoms with E-state index in [1.165, 1.54) is 0 Å². The first-order chi connectivity index (χ1) is 6.02. The summed E-state index contributed by atoms with van der Waals surface area (Å²) in [5.41, 5.74) is 0. The molecule has 0 N–H and O–H groups in total. The molecule has 1 unspecified atom stereocenters. The van der Waals surface area contributed by atoms with E-state index in [1.807, 2.05) is 6.92 Å². The van der Waals surface area contributed by atoms with Gasteiger partial charge in [-0.15, -0.1) is 0 Å². The standard InChI is InChI=1S/C10H16O3/c1-6(2)13-10(12)9-7(3)4-5-8(9)11/h6-7,9H,4-5H2,1-3H3/t7-,9?/m1/s1. The summed E-state index contributed by atoms with van der Waals surface area (Å²) in [4.78, 5) is 22.7. The molecule has 13 heavy (non-hydrogen) atoms. The molecule has 1 fully saturated rings. The Bertz CT molecular complexity index is 220. The Balaban J connectivity index is 2.59. The van der Waals surface area contributed by atoms with Crippen molar-refractivity contribution in [2.45, 2.75) is 39.7 Å². The molecule has 0 bridgehead atoms. The molecule has 0 radical (unpaired) electrons. The zero-order valence-corrected chi connectivity index (χ0v) is 8.37. The molecule has 0 saturated heterocycles. The van der Waals surface area contributed by atoms with Gasteiger partial charge in [0.2, 0.25) is 0 Å². The molecule has 1 saturated carbocycles. The van der Waals surface area contributed by atoms with Gasteiger partial charge in [-0.2, -0.15) is 0 Å². The molecule has 1 rings (SSSR count). The summed E-state index contributed by atoms with van der Waals surface area (Å²) in [6, 6.07) is 0. The second-order valence-electron chi connectivity index (χ2n) is 3.95. The van der Waals surface area contributed by atoms with E-state index in [0.717, 1.165) is 6.42 Å². The van der Waals surface area contributed by atoms with Crippen molar-refractivity contribution in [1.82, 2.24) is 0 Å². The van der Waals surface area contributed by atoms with Crippen molar-refractivity contribution in [3.05, 3.63) is 0 Å². The maximum atomic E-state index is 11.4. The molecule has 0 spiro atoms. The number of Topliss-reactive ketones (excluding diaryl/α,β-unsaturated/α-hetero) is 1. The van der Waals surface area contributed by atoms with Crippen LogP contribution in [-0.4, -0.2) is 17.9 Å². The summed E-state index contributed by atoms with van der Waals surface area (Å²) in [5.74, 6) is -0.649. The van der Waals surface area contributed by atoms with Crippen molar-refractivity contribution >= 4 is 11.8 Å². The molecule has 2 atom stereocenters. The van der Waals surface area contributed by atoms with Gasteiger partial charge in [0.05, 0.1) is 6.10 Å². The minimum absolute atomic E-state index is 0.0400. The number of carbonyl (C=O) groups is 2.